The molecule has 6 heteroatoms. The maximum atomic E-state index is 10.9. The Labute approximate surface area is 123 Å². The molecular weight excluding hydrogens is 270 g/mol. The lowest BCUT2D eigenvalue weighted by Crippen LogP contribution is -2.53. The summed E-state index contributed by atoms with van der Waals surface area (Å²) < 4.78 is 0. The molecule has 1 aromatic heterocycles. The number of nitrogens with two attached hydrogens (primary N) is 1. The van der Waals surface area contributed by atoms with Gasteiger partial charge in [0, 0.05) is 25.2 Å². The van der Waals surface area contributed by atoms with E-state index in [1.54, 1.807) is 0 Å². The number of anilines is 2. The number of aliphatic hydroxyl groups is 1. The molecule has 0 spiro atoms. The minimum absolute atomic E-state index is 0.0995. The molecule has 0 bridgehead atoms. The van der Waals surface area contributed by atoms with Crippen LogP contribution in [0.3, 0.4) is 0 Å². The number of nitrogen functional groups attached to an aromatic ring is 1. The van der Waals surface area contributed by atoms with Crippen molar-refractivity contribution in [1.82, 2.24) is 4.98 Å². The molecule has 0 aromatic carbocycles. The summed E-state index contributed by atoms with van der Waals surface area (Å²) in [6.45, 7) is 1.44. The maximum absolute atomic E-state index is 10.9. The van der Waals surface area contributed by atoms with Gasteiger partial charge in [-0.25, -0.2) is 9.78 Å². The van der Waals surface area contributed by atoms with Crippen LogP contribution in [0.4, 0.5) is 11.5 Å². The predicted octanol–water partition coefficient (Wildman–Crippen LogP) is 1.49. The van der Waals surface area contributed by atoms with Crippen molar-refractivity contribution in [2.45, 2.75) is 37.7 Å². The number of piperidine rings is 1. The fourth-order valence-corrected chi connectivity index (χ4v) is 3.62. The second kappa shape index (κ2) is 5.18. The van der Waals surface area contributed by atoms with Gasteiger partial charge in [0.25, 0.3) is 0 Å². The van der Waals surface area contributed by atoms with E-state index in [1.165, 1.54) is 12.3 Å². The Morgan fingerprint density at radius 3 is 2.95 bits per heavy atom. The van der Waals surface area contributed by atoms with Crippen molar-refractivity contribution in [1.29, 1.82) is 0 Å². The molecular formula is C15H21N3O3. The van der Waals surface area contributed by atoms with Crippen molar-refractivity contribution >= 4 is 17.5 Å². The number of aromatic carboxylic acids is 1. The second-order valence-electron chi connectivity index (χ2n) is 6.18. The number of hydrogen-bond acceptors (Lipinski definition) is 5. The second-order valence-corrected chi connectivity index (χ2v) is 6.18. The van der Waals surface area contributed by atoms with Crippen molar-refractivity contribution in [2.75, 3.05) is 23.7 Å². The first-order valence-electron chi connectivity index (χ1n) is 7.46. The molecule has 2 heterocycles. The third kappa shape index (κ3) is 2.55. The van der Waals surface area contributed by atoms with Crippen LogP contribution in [-0.4, -0.2) is 39.9 Å². The largest absolute Gasteiger partial charge is 0.478 e. The molecule has 1 saturated heterocycles. The van der Waals surface area contributed by atoms with Gasteiger partial charge in [-0.05, 0) is 25.3 Å². The SMILES string of the molecule is Nc1cc(C(=O)O)cnc1N1CCC2(O)CCCCC2C1. The van der Waals surface area contributed by atoms with Gasteiger partial charge in [0.05, 0.1) is 16.9 Å². The predicted molar refractivity (Wildman–Crippen MR) is 79.3 cm³/mol. The number of fused-ring (bicyclic) bond motifs is 1. The van der Waals surface area contributed by atoms with Crippen LogP contribution < -0.4 is 10.6 Å². The van der Waals surface area contributed by atoms with Crippen LogP contribution in [0.1, 0.15) is 42.5 Å². The normalized spacial score (nSPS) is 29.0. The molecule has 2 atom stereocenters. The lowest BCUT2D eigenvalue weighted by atomic mass is 9.71. The Hall–Kier alpha value is -1.82. The number of carboxylic acids is 1. The molecule has 0 radical (unpaired) electrons. The number of carbonyl (C=O) groups is 1. The minimum atomic E-state index is -1.03. The van der Waals surface area contributed by atoms with Gasteiger partial charge < -0.3 is 20.8 Å². The van der Waals surface area contributed by atoms with Gasteiger partial charge in [-0.2, -0.15) is 0 Å². The average Bonchev–Trinajstić information content (AvgIpc) is 2.46. The molecule has 2 unspecified atom stereocenters. The third-order valence-corrected chi connectivity index (χ3v) is 4.87. The van der Waals surface area contributed by atoms with E-state index in [0.29, 0.717) is 18.1 Å². The Morgan fingerprint density at radius 1 is 1.43 bits per heavy atom. The van der Waals surface area contributed by atoms with Crippen LogP contribution in [0.2, 0.25) is 0 Å². The Kier molecular flexibility index (Phi) is 3.49. The molecule has 2 aliphatic rings. The monoisotopic (exact) mass is 291 g/mol. The van der Waals surface area contributed by atoms with Gasteiger partial charge >= 0.3 is 5.97 Å². The number of rotatable bonds is 2. The minimum Gasteiger partial charge on any atom is -0.478 e. The van der Waals surface area contributed by atoms with E-state index in [1.807, 2.05) is 0 Å². The van der Waals surface area contributed by atoms with Crippen molar-refractivity contribution in [3.63, 3.8) is 0 Å². The molecule has 1 aromatic rings. The summed E-state index contributed by atoms with van der Waals surface area (Å²) in [5, 5.41) is 19.6. The standard InChI is InChI=1S/C15H21N3O3/c16-12-7-10(14(19)20)8-17-13(12)18-6-5-15(21)4-2-1-3-11(15)9-18/h7-8,11,21H,1-6,9,16H2,(H,19,20). The Bertz CT molecular complexity index is 563. The van der Waals surface area contributed by atoms with Gasteiger partial charge in [-0.1, -0.05) is 12.8 Å². The summed E-state index contributed by atoms with van der Waals surface area (Å²) in [4.78, 5) is 17.2. The van der Waals surface area contributed by atoms with E-state index < -0.39 is 11.6 Å². The van der Waals surface area contributed by atoms with Crippen LogP contribution in [-0.2, 0) is 0 Å². The summed E-state index contributed by atoms with van der Waals surface area (Å²) in [6.07, 6.45) is 6.23. The zero-order valence-corrected chi connectivity index (χ0v) is 12.0. The van der Waals surface area contributed by atoms with Crippen LogP contribution in [0.25, 0.3) is 0 Å². The molecule has 21 heavy (non-hydrogen) atoms. The molecule has 3 rings (SSSR count). The zero-order valence-electron chi connectivity index (χ0n) is 12.0. The third-order valence-electron chi connectivity index (χ3n) is 4.87. The highest BCUT2D eigenvalue weighted by atomic mass is 16.4. The summed E-state index contributed by atoms with van der Waals surface area (Å²) in [5.74, 6) is -0.144. The summed E-state index contributed by atoms with van der Waals surface area (Å²) >= 11 is 0. The summed E-state index contributed by atoms with van der Waals surface area (Å²) in [7, 11) is 0. The molecule has 1 aliphatic carbocycles. The topological polar surface area (TPSA) is 99.7 Å². The van der Waals surface area contributed by atoms with Gasteiger partial charge in [0.15, 0.2) is 5.82 Å². The lowest BCUT2D eigenvalue weighted by Gasteiger charge is -2.47. The summed E-state index contributed by atoms with van der Waals surface area (Å²) in [5.41, 5.74) is 5.91. The average molecular weight is 291 g/mol. The van der Waals surface area contributed by atoms with Gasteiger partial charge in [0.2, 0.25) is 0 Å². The first-order chi connectivity index (χ1) is 9.99. The van der Waals surface area contributed by atoms with Crippen LogP contribution in [0.5, 0.6) is 0 Å². The number of nitrogens with zero attached hydrogens (tertiary/aromatic N) is 2. The van der Waals surface area contributed by atoms with Gasteiger partial charge in [0.1, 0.15) is 0 Å². The molecule has 2 fully saturated rings. The van der Waals surface area contributed by atoms with Crippen LogP contribution in [0, 0.1) is 5.92 Å². The Balaban J connectivity index is 1.81. The first kappa shape index (κ1) is 14.1. The van der Waals surface area contributed by atoms with Crippen molar-refractivity contribution in [3.05, 3.63) is 17.8 Å². The lowest BCUT2D eigenvalue weighted by molar-refractivity contribution is -0.0613. The highest BCUT2D eigenvalue weighted by Crippen LogP contribution is 2.41. The van der Waals surface area contributed by atoms with Gasteiger partial charge in [-0.15, -0.1) is 0 Å². The smallest absolute Gasteiger partial charge is 0.337 e. The number of hydrogen-bond donors (Lipinski definition) is 3. The first-order valence-corrected chi connectivity index (χ1v) is 7.46. The summed E-state index contributed by atoms with van der Waals surface area (Å²) in [6, 6.07) is 1.45. The van der Waals surface area contributed by atoms with E-state index >= 15 is 0 Å². The fraction of sp³-hybridized carbons (Fsp3) is 0.600. The Morgan fingerprint density at radius 2 is 2.24 bits per heavy atom. The van der Waals surface area contributed by atoms with Crippen molar-refractivity contribution in [3.8, 4) is 0 Å². The molecule has 0 amide bonds. The van der Waals surface area contributed by atoms with E-state index in [2.05, 4.69) is 9.88 Å². The maximum Gasteiger partial charge on any atom is 0.337 e. The highest BCUT2D eigenvalue weighted by Gasteiger charge is 2.43. The van der Waals surface area contributed by atoms with Crippen LogP contribution >= 0.6 is 0 Å². The van der Waals surface area contributed by atoms with Crippen LogP contribution in [0.15, 0.2) is 12.3 Å². The van der Waals surface area contributed by atoms with E-state index in [-0.39, 0.29) is 11.5 Å². The number of carboxylic acid groups (broad SMARTS) is 1. The number of aromatic nitrogens is 1. The molecule has 1 saturated carbocycles. The van der Waals surface area contributed by atoms with Crippen molar-refractivity contribution < 1.29 is 15.0 Å². The number of pyridine rings is 1. The van der Waals surface area contributed by atoms with Gasteiger partial charge in [-0.3, -0.25) is 0 Å². The molecule has 4 N–H and O–H groups in total. The van der Waals surface area contributed by atoms with E-state index in [9.17, 15) is 9.90 Å². The van der Waals surface area contributed by atoms with E-state index in [4.69, 9.17) is 10.8 Å². The molecule has 6 nitrogen and oxygen atoms in total. The van der Waals surface area contributed by atoms with Crippen molar-refractivity contribution in [2.24, 2.45) is 5.92 Å². The molecule has 1 aliphatic heterocycles. The van der Waals surface area contributed by atoms with E-state index in [0.717, 1.165) is 38.6 Å². The fourth-order valence-electron chi connectivity index (χ4n) is 3.62. The zero-order chi connectivity index (χ0) is 15.0. The highest BCUT2D eigenvalue weighted by molar-refractivity contribution is 5.89. The molecule has 114 valence electrons. The quantitative estimate of drug-likeness (QED) is 0.763.